The number of hydrogen-bond donors (Lipinski definition) is 3. The third-order valence-corrected chi connectivity index (χ3v) is 5.45. The molecule has 3 N–H and O–H groups in total. The third kappa shape index (κ3) is 8.28. The average Bonchev–Trinajstić information content (AvgIpc) is 2.87. The molecule has 178 valence electrons. The van der Waals surface area contributed by atoms with Crippen LogP contribution in [-0.2, 0) is 11.2 Å². The summed E-state index contributed by atoms with van der Waals surface area (Å²) in [6, 6.07) is 24.9. The van der Waals surface area contributed by atoms with Gasteiger partial charge in [-0.05, 0) is 80.3 Å². The van der Waals surface area contributed by atoms with Crippen LogP contribution in [0, 0.1) is 0 Å². The molecule has 6 nitrogen and oxygen atoms in total. The molecule has 0 fully saturated rings. The van der Waals surface area contributed by atoms with Crippen molar-refractivity contribution in [2.24, 2.45) is 0 Å². The Morgan fingerprint density at radius 3 is 2.24 bits per heavy atom. The summed E-state index contributed by atoms with van der Waals surface area (Å²) in [6.07, 6.45) is 2.80. The van der Waals surface area contributed by atoms with E-state index < -0.39 is 0 Å². The molecule has 2 amide bonds. The molecule has 34 heavy (non-hydrogen) atoms. The molecule has 3 aromatic rings. The minimum atomic E-state index is -0.157. The lowest BCUT2D eigenvalue weighted by atomic mass is 10.1. The second-order valence-electron chi connectivity index (χ2n) is 8.22. The first kappa shape index (κ1) is 24.8. The van der Waals surface area contributed by atoms with Crippen LogP contribution >= 0.6 is 0 Å². The molecule has 0 saturated heterocycles. The minimum Gasteiger partial charge on any atom is -0.494 e. The van der Waals surface area contributed by atoms with E-state index in [2.05, 4.69) is 28.1 Å². The van der Waals surface area contributed by atoms with Gasteiger partial charge in [-0.3, -0.25) is 9.59 Å². The summed E-state index contributed by atoms with van der Waals surface area (Å²) in [5.74, 6) is 0.527. The van der Waals surface area contributed by atoms with Gasteiger partial charge in [0, 0.05) is 23.0 Å². The monoisotopic (exact) mass is 459 g/mol. The van der Waals surface area contributed by atoms with Crippen LogP contribution in [0.4, 0.5) is 11.4 Å². The highest BCUT2D eigenvalue weighted by atomic mass is 16.5. The van der Waals surface area contributed by atoms with Crippen molar-refractivity contribution in [2.75, 3.05) is 23.8 Å². The predicted molar refractivity (Wildman–Crippen MR) is 137 cm³/mol. The Bertz CT molecular complexity index is 1030. The zero-order valence-electron chi connectivity index (χ0n) is 19.8. The van der Waals surface area contributed by atoms with Gasteiger partial charge < -0.3 is 20.7 Å². The molecular formula is C28H33N3O3. The molecule has 0 spiro atoms. The van der Waals surface area contributed by atoms with E-state index in [9.17, 15) is 9.59 Å². The Labute approximate surface area is 201 Å². The normalized spacial score (nSPS) is 11.4. The Kier molecular flexibility index (Phi) is 9.52. The van der Waals surface area contributed by atoms with Crippen LogP contribution in [0.1, 0.15) is 42.6 Å². The zero-order chi connectivity index (χ0) is 24.2. The smallest absolute Gasteiger partial charge is 0.251 e. The number of carbonyl (C=O) groups is 2. The van der Waals surface area contributed by atoms with Crippen LogP contribution in [-0.4, -0.2) is 31.0 Å². The summed E-state index contributed by atoms with van der Waals surface area (Å²) in [7, 11) is 0. The fourth-order valence-corrected chi connectivity index (χ4v) is 3.28. The van der Waals surface area contributed by atoms with Crippen molar-refractivity contribution in [3.05, 3.63) is 90.0 Å². The van der Waals surface area contributed by atoms with Gasteiger partial charge in [-0.2, -0.15) is 0 Å². The Hall–Kier alpha value is -3.80. The highest BCUT2D eigenvalue weighted by molar-refractivity contribution is 5.95. The molecule has 3 aromatic carbocycles. The first-order valence-corrected chi connectivity index (χ1v) is 11.7. The summed E-state index contributed by atoms with van der Waals surface area (Å²) in [5, 5.41) is 8.87. The predicted octanol–water partition coefficient (Wildman–Crippen LogP) is 5.28. The minimum absolute atomic E-state index is 0.0951. The van der Waals surface area contributed by atoms with Gasteiger partial charge in [-0.25, -0.2) is 0 Å². The van der Waals surface area contributed by atoms with Crippen molar-refractivity contribution in [2.45, 2.75) is 39.2 Å². The quantitative estimate of drug-likeness (QED) is 0.322. The SMILES string of the molecule is CCC(C)NC(=O)c1ccc(NCC(=O)Nc2ccc(OCCCc3ccccc3)cc2)cc1. The van der Waals surface area contributed by atoms with E-state index in [0.717, 1.165) is 30.7 Å². The summed E-state index contributed by atoms with van der Waals surface area (Å²) in [6.45, 7) is 4.76. The number of rotatable bonds is 12. The van der Waals surface area contributed by atoms with E-state index in [1.807, 2.05) is 56.3 Å². The molecule has 1 atom stereocenters. The topological polar surface area (TPSA) is 79.5 Å². The molecule has 3 rings (SSSR count). The molecule has 0 aliphatic rings. The van der Waals surface area contributed by atoms with Crippen LogP contribution in [0.2, 0.25) is 0 Å². The molecule has 0 aromatic heterocycles. The third-order valence-electron chi connectivity index (χ3n) is 5.45. The van der Waals surface area contributed by atoms with Gasteiger partial charge in [0.2, 0.25) is 5.91 Å². The summed E-state index contributed by atoms with van der Waals surface area (Å²) < 4.78 is 5.79. The summed E-state index contributed by atoms with van der Waals surface area (Å²) >= 11 is 0. The first-order chi connectivity index (χ1) is 16.5. The molecule has 0 bridgehead atoms. The van der Waals surface area contributed by atoms with Crippen molar-refractivity contribution >= 4 is 23.2 Å². The highest BCUT2D eigenvalue weighted by Crippen LogP contribution is 2.16. The summed E-state index contributed by atoms with van der Waals surface area (Å²) in [5.41, 5.74) is 3.38. The molecule has 1 unspecified atom stereocenters. The molecule has 0 radical (unpaired) electrons. The first-order valence-electron chi connectivity index (χ1n) is 11.7. The fraction of sp³-hybridized carbons (Fsp3) is 0.286. The van der Waals surface area contributed by atoms with Gasteiger partial charge in [-0.1, -0.05) is 37.3 Å². The number of carbonyl (C=O) groups excluding carboxylic acids is 2. The standard InChI is InChI=1S/C28H33N3O3/c1-3-21(2)30-28(33)23-11-13-24(14-12-23)29-20-27(32)31-25-15-17-26(18-16-25)34-19-7-10-22-8-5-4-6-9-22/h4-6,8-9,11-18,21,29H,3,7,10,19-20H2,1-2H3,(H,30,33)(H,31,32). The van der Waals surface area contributed by atoms with Gasteiger partial charge in [0.05, 0.1) is 13.2 Å². The molecule has 0 saturated carbocycles. The lowest BCUT2D eigenvalue weighted by molar-refractivity contribution is -0.114. The maximum atomic E-state index is 12.3. The molecular weight excluding hydrogens is 426 g/mol. The van der Waals surface area contributed by atoms with Crippen LogP contribution in [0.5, 0.6) is 5.75 Å². The maximum Gasteiger partial charge on any atom is 0.251 e. The molecule has 0 heterocycles. The second-order valence-corrected chi connectivity index (χ2v) is 8.22. The van der Waals surface area contributed by atoms with Crippen molar-refractivity contribution in [1.29, 1.82) is 0 Å². The van der Waals surface area contributed by atoms with Crippen molar-refractivity contribution in [3.8, 4) is 5.75 Å². The lowest BCUT2D eigenvalue weighted by Gasteiger charge is -2.12. The van der Waals surface area contributed by atoms with E-state index in [0.29, 0.717) is 17.9 Å². The van der Waals surface area contributed by atoms with Gasteiger partial charge >= 0.3 is 0 Å². The van der Waals surface area contributed by atoms with Crippen LogP contribution in [0.3, 0.4) is 0 Å². The van der Waals surface area contributed by atoms with E-state index in [1.165, 1.54) is 5.56 Å². The van der Waals surface area contributed by atoms with E-state index in [4.69, 9.17) is 4.74 Å². The number of hydrogen-bond acceptors (Lipinski definition) is 4. The van der Waals surface area contributed by atoms with Gasteiger partial charge in [0.1, 0.15) is 5.75 Å². The van der Waals surface area contributed by atoms with E-state index >= 15 is 0 Å². The number of anilines is 2. The van der Waals surface area contributed by atoms with Crippen LogP contribution in [0.25, 0.3) is 0 Å². The Morgan fingerprint density at radius 2 is 1.56 bits per heavy atom. The van der Waals surface area contributed by atoms with Gasteiger partial charge in [-0.15, -0.1) is 0 Å². The van der Waals surface area contributed by atoms with Crippen LogP contribution < -0.4 is 20.7 Å². The van der Waals surface area contributed by atoms with Gasteiger partial charge in [0.15, 0.2) is 0 Å². The van der Waals surface area contributed by atoms with Crippen molar-refractivity contribution < 1.29 is 14.3 Å². The number of amides is 2. The maximum absolute atomic E-state index is 12.3. The van der Waals surface area contributed by atoms with Crippen LogP contribution in [0.15, 0.2) is 78.9 Å². The zero-order valence-corrected chi connectivity index (χ0v) is 19.8. The lowest BCUT2D eigenvalue weighted by Crippen LogP contribution is -2.31. The molecule has 0 aliphatic heterocycles. The van der Waals surface area contributed by atoms with Gasteiger partial charge in [0.25, 0.3) is 5.91 Å². The number of aryl methyl sites for hydroxylation is 1. The van der Waals surface area contributed by atoms with Crippen molar-refractivity contribution in [3.63, 3.8) is 0 Å². The molecule has 6 heteroatoms. The number of nitrogens with one attached hydrogen (secondary N) is 3. The Morgan fingerprint density at radius 1 is 0.882 bits per heavy atom. The van der Waals surface area contributed by atoms with E-state index in [-0.39, 0.29) is 24.4 Å². The largest absolute Gasteiger partial charge is 0.494 e. The number of benzene rings is 3. The summed E-state index contributed by atoms with van der Waals surface area (Å²) in [4.78, 5) is 24.4. The number of ether oxygens (including phenoxy) is 1. The average molecular weight is 460 g/mol. The van der Waals surface area contributed by atoms with Crippen molar-refractivity contribution in [1.82, 2.24) is 5.32 Å². The van der Waals surface area contributed by atoms with E-state index in [1.54, 1.807) is 24.3 Å². The fourth-order valence-electron chi connectivity index (χ4n) is 3.28. The molecule has 0 aliphatic carbocycles. The highest BCUT2D eigenvalue weighted by Gasteiger charge is 2.09. The Balaban J connectivity index is 1.37. The second kappa shape index (κ2) is 13.0.